The lowest BCUT2D eigenvalue weighted by Gasteiger charge is -2.21. The Balaban J connectivity index is 2.69. The Labute approximate surface area is 92.4 Å². The van der Waals surface area contributed by atoms with Gasteiger partial charge in [0.2, 0.25) is 0 Å². The predicted octanol–water partition coefficient (Wildman–Crippen LogP) is 3.09. The van der Waals surface area contributed by atoms with Crippen molar-refractivity contribution in [1.29, 1.82) is 0 Å². The first kappa shape index (κ1) is 11.9. The number of hydrogen-bond donors (Lipinski definition) is 1. The second-order valence-corrected chi connectivity index (χ2v) is 3.83. The Hall–Kier alpha value is -1.15. The molecule has 0 aliphatic heterocycles. The van der Waals surface area contributed by atoms with Crippen LogP contribution in [0.5, 0.6) is 0 Å². The molecule has 0 saturated carbocycles. The zero-order valence-corrected chi connectivity index (χ0v) is 9.61. The molecule has 1 aromatic heterocycles. The number of hydrogen-bond acceptors (Lipinski definition) is 2. The molecule has 0 aromatic carbocycles. The Morgan fingerprint density at radius 2 is 2.13 bits per heavy atom. The van der Waals surface area contributed by atoms with E-state index in [-0.39, 0.29) is 0 Å². The molecule has 1 heterocycles. The molecule has 0 amide bonds. The maximum atomic E-state index is 4.03. The minimum Gasteiger partial charge on any atom is -0.307 e. The average Bonchev–Trinajstić information content (AvgIpc) is 2.29. The van der Waals surface area contributed by atoms with E-state index in [1.807, 2.05) is 18.5 Å². The monoisotopic (exact) mass is 204 g/mol. The summed E-state index contributed by atoms with van der Waals surface area (Å²) in [5.41, 5.74) is 1.28. The summed E-state index contributed by atoms with van der Waals surface area (Å²) in [4.78, 5) is 4.03. The number of nitrogens with zero attached hydrogens (tertiary/aromatic N) is 1. The summed E-state index contributed by atoms with van der Waals surface area (Å²) in [6.07, 6.45) is 7.72. The molecule has 0 radical (unpaired) electrons. The largest absolute Gasteiger partial charge is 0.307 e. The van der Waals surface area contributed by atoms with Crippen LogP contribution in [0, 0.1) is 0 Å². The van der Waals surface area contributed by atoms with Crippen molar-refractivity contribution >= 4 is 0 Å². The summed E-state index contributed by atoms with van der Waals surface area (Å²) < 4.78 is 0. The quantitative estimate of drug-likeness (QED) is 0.720. The minimum absolute atomic E-state index is 0.362. The van der Waals surface area contributed by atoms with Crippen LogP contribution < -0.4 is 5.32 Å². The van der Waals surface area contributed by atoms with Crippen molar-refractivity contribution in [3.05, 3.63) is 42.7 Å². The van der Waals surface area contributed by atoms with Gasteiger partial charge in [0.1, 0.15) is 0 Å². The first-order chi connectivity index (χ1) is 7.27. The fourth-order valence-electron chi connectivity index (χ4n) is 1.52. The molecule has 0 fully saturated rings. The lowest BCUT2D eigenvalue weighted by molar-refractivity contribution is 0.448. The highest BCUT2D eigenvalue weighted by atomic mass is 14.9. The fraction of sp³-hybridized carbons (Fsp3) is 0.462. The van der Waals surface area contributed by atoms with E-state index >= 15 is 0 Å². The second kappa shape index (κ2) is 6.36. The van der Waals surface area contributed by atoms with Crippen LogP contribution in [0.1, 0.15) is 38.3 Å². The molecule has 0 aliphatic rings. The average molecular weight is 204 g/mol. The molecule has 2 heteroatoms. The van der Waals surface area contributed by atoms with E-state index < -0.39 is 0 Å². The van der Waals surface area contributed by atoms with Gasteiger partial charge in [-0.15, -0.1) is 6.58 Å². The van der Waals surface area contributed by atoms with Gasteiger partial charge in [0.15, 0.2) is 0 Å². The Bertz CT molecular complexity index is 282. The first-order valence-corrected chi connectivity index (χ1v) is 5.54. The van der Waals surface area contributed by atoms with Gasteiger partial charge >= 0.3 is 0 Å². The molecule has 82 valence electrons. The van der Waals surface area contributed by atoms with Crippen LogP contribution in [0.25, 0.3) is 0 Å². The van der Waals surface area contributed by atoms with Crippen LogP contribution >= 0.6 is 0 Å². The van der Waals surface area contributed by atoms with Crippen molar-refractivity contribution in [3.63, 3.8) is 0 Å². The molecule has 1 rings (SSSR count). The van der Waals surface area contributed by atoms with E-state index in [0.717, 1.165) is 12.8 Å². The molecule has 0 aliphatic carbocycles. The fourth-order valence-corrected chi connectivity index (χ4v) is 1.52. The Morgan fingerprint density at radius 1 is 1.47 bits per heavy atom. The Kier molecular flexibility index (Phi) is 5.05. The van der Waals surface area contributed by atoms with Crippen molar-refractivity contribution in [1.82, 2.24) is 10.3 Å². The van der Waals surface area contributed by atoms with Crippen LogP contribution in [0.15, 0.2) is 37.2 Å². The maximum absolute atomic E-state index is 4.03. The summed E-state index contributed by atoms with van der Waals surface area (Å²) in [6, 6.07) is 5.01. The van der Waals surface area contributed by atoms with Crippen LogP contribution in [0.3, 0.4) is 0 Å². The molecule has 0 spiro atoms. The SMILES string of the molecule is C=CCC(NC(C)CC)c1ccncc1. The third-order valence-electron chi connectivity index (χ3n) is 2.61. The molecule has 1 aromatic rings. The topological polar surface area (TPSA) is 24.9 Å². The van der Waals surface area contributed by atoms with E-state index in [4.69, 9.17) is 0 Å². The number of pyridine rings is 1. The van der Waals surface area contributed by atoms with Gasteiger partial charge in [0.05, 0.1) is 0 Å². The van der Waals surface area contributed by atoms with Crippen LogP contribution in [-0.2, 0) is 0 Å². The lowest BCUT2D eigenvalue weighted by atomic mass is 10.0. The highest BCUT2D eigenvalue weighted by Gasteiger charge is 2.11. The van der Waals surface area contributed by atoms with E-state index in [1.54, 1.807) is 0 Å². The van der Waals surface area contributed by atoms with E-state index in [9.17, 15) is 0 Å². The van der Waals surface area contributed by atoms with Gasteiger partial charge in [-0.3, -0.25) is 4.98 Å². The molecule has 1 N–H and O–H groups in total. The zero-order valence-electron chi connectivity index (χ0n) is 9.61. The van der Waals surface area contributed by atoms with E-state index in [1.165, 1.54) is 5.56 Å². The highest BCUT2D eigenvalue weighted by molar-refractivity contribution is 5.16. The van der Waals surface area contributed by atoms with Crippen LogP contribution in [0.2, 0.25) is 0 Å². The summed E-state index contributed by atoms with van der Waals surface area (Å²) in [6.45, 7) is 8.20. The van der Waals surface area contributed by atoms with Gasteiger partial charge in [-0.1, -0.05) is 13.0 Å². The summed E-state index contributed by atoms with van der Waals surface area (Å²) >= 11 is 0. The molecule has 15 heavy (non-hydrogen) atoms. The van der Waals surface area contributed by atoms with Gasteiger partial charge in [0.25, 0.3) is 0 Å². The van der Waals surface area contributed by atoms with Crippen molar-refractivity contribution in [2.75, 3.05) is 0 Å². The van der Waals surface area contributed by atoms with Crippen molar-refractivity contribution in [3.8, 4) is 0 Å². The molecular formula is C13H20N2. The van der Waals surface area contributed by atoms with Gasteiger partial charge in [-0.2, -0.15) is 0 Å². The van der Waals surface area contributed by atoms with Crippen molar-refractivity contribution < 1.29 is 0 Å². The molecular weight excluding hydrogens is 184 g/mol. The molecule has 0 bridgehead atoms. The normalized spacial score (nSPS) is 14.5. The summed E-state index contributed by atoms with van der Waals surface area (Å²) in [7, 11) is 0. The Morgan fingerprint density at radius 3 is 2.67 bits per heavy atom. The van der Waals surface area contributed by atoms with Gasteiger partial charge in [0, 0.05) is 24.5 Å². The number of nitrogens with one attached hydrogen (secondary N) is 1. The molecule has 0 saturated heterocycles. The predicted molar refractivity (Wildman–Crippen MR) is 64.7 cm³/mol. The molecule has 2 atom stereocenters. The third-order valence-corrected chi connectivity index (χ3v) is 2.61. The van der Waals surface area contributed by atoms with Crippen molar-refractivity contribution in [2.24, 2.45) is 0 Å². The van der Waals surface area contributed by atoms with E-state index in [2.05, 4.69) is 42.9 Å². The summed E-state index contributed by atoms with van der Waals surface area (Å²) in [5.74, 6) is 0. The zero-order chi connectivity index (χ0) is 11.1. The van der Waals surface area contributed by atoms with Gasteiger partial charge in [-0.05, 0) is 37.5 Å². The van der Waals surface area contributed by atoms with Crippen LogP contribution in [-0.4, -0.2) is 11.0 Å². The standard InChI is InChI=1S/C13H20N2/c1-4-6-13(15-11(3)5-2)12-7-9-14-10-8-12/h4,7-11,13,15H,1,5-6H2,2-3H3. The summed E-state index contributed by atoms with van der Waals surface area (Å²) in [5, 5.41) is 3.58. The minimum atomic E-state index is 0.362. The maximum Gasteiger partial charge on any atom is 0.0358 e. The highest BCUT2D eigenvalue weighted by Crippen LogP contribution is 2.17. The first-order valence-electron chi connectivity index (χ1n) is 5.54. The molecule has 2 unspecified atom stereocenters. The number of aromatic nitrogens is 1. The van der Waals surface area contributed by atoms with Crippen molar-refractivity contribution in [2.45, 2.75) is 38.8 Å². The smallest absolute Gasteiger partial charge is 0.0358 e. The van der Waals surface area contributed by atoms with Gasteiger partial charge in [-0.25, -0.2) is 0 Å². The van der Waals surface area contributed by atoms with Gasteiger partial charge < -0.3 is 5.32 Å². The number of rotatable bonds is 6. The molecule has 2 nitrogen and oxygen atoms in total. The third kappa shape index (κ3) is 3.84. The lowest BCUT2D eigenvalue weighted by Crippen LogP contribution is -2.29. The van der Waals surface area contributed by atoms with E-state index in [0.29, 0.717) is 12.1 Å². The van der Waals surface area contributed by atoms with Crippen LogP contribution in [0.4, 0.5) is 0 Å². The second-order valence-electron chi connectivity index (χ2n) is 3.83.